The van der Waals surface area contributed by atoms with Gasteiger partial charge in [0.05, 0.1) is 11.5 Å². The van der Waals surface area contributed by atoms with E-state index in [2.05, 4.69) is 13.0 Å². The highest BCUT2D eigenvalue weighted by Crippen LogP contribution is 2.46. The zero-order valence-electron chi connectivity index (χ0n) is 20.2. The maximum Gasteiger partial charge on any atom is 0.314 e. The van der Waals surface area contributed by atoms with Crippen LogP contribution in [0.15, 0.2) is 18.2 Å². The summed E-state index contributed by atoms with van der Waals surface area (Å²) in [5.41, 5.74) is 0.320. The van der Waals surface area contributed by atoms with Gasteiger partial charge in [0.2, 0.25) is 0 Å². The molecule has 0 unspecified atom stereocenters. The lowest BCUT2D eigenvalue weighted by atomic mass is 9.65. The van der Waals surface area contributed by atoms with Crippen LogP contribution in [0.5, 0.6) is 5.75 Å². The van der Waals surface area contributed by atoms with Crippen LogP contribution in [0, 0.1) is 46.8 Å². The minimum absolute atomic E-state index is 0.0434. The number of hydrogen-bond donors (Lipinski definition) is 0. The smallest absolute Gasteiger partial charge is 0.314 e. The summed E-state index contributed by atoms with van der Waals surface area (Å²) in [5, 5.41) is 9.76. The number of ether oxygens (including phenoxy) is 1. The van der Waals surface area contributed by atoms with Crippen molar-refractivity contribution in [2.75, 3.05) is 0 Å². The summed E-state index contributed by atoms with van der Waals surface area (Å²) >= 11 is 5.95. The second kappa shape index (κ2) is 11.7. The van der Waals surface area contributed by atoms with E-state index >= 15 is 0 Å². The predicted octanol–water partition coefficient (Wildman–Crippen LogP) is 8.34. The highest BCUT2D eigenvalue weighted by atomic mass is 35.5. The number of carbonyl (C=O) groups excluding carboxylic acids is 1. The second-order valence-corrected chi connectivity index (χ2v) is 11.5. The van der Waals surface area contributed by atoms with Crippen LogP contribution >= 0.6 is 11.6 Å². The van der Waals surface area contributed by atoms with Crippen molar-refractivity contribution in [3.8, 4) is 11.8 Å². The molecule has 3 saturated carbocycles. The fraction of sp³-hybridized carbons (Fsp3) is 0.724. The van der Waals surface area contributed by atoms with Crippen molar-refractivity contribution in [2.24, 2.45) is 35.5 Å². The third kappa shape index (κ3) is 6.33. The van der Waals surface area contributed by atoms with Crippen LogP contribution in [0.3, 0.4) is 0 Å². The van der Waals surface area contributed by atoms with Crippen LogP contribution in [0.2, 0.25) is 5.02 Å². The van der Waals surface area contributed by atoms with Gasteiger partial charge in [-0.2, -0.15) is 5.26 Å². The SMILES string of the molecule is CCC[C@H]1CC[C@H]([C@H]2CC[C@H]([C@H]3CC[C@H](C(=O)Oc4ccc(Cl)cc4C#N)CC3)CC2)CC1. The maximum atomic E-state index is 12.7. The second-order valence-electron chi connectivity index (χ2n) is 11.0. The molecule has 3 nitrogen and oxygen atoms in total. The number of nitriles is 1. The van der Waals surface area contributed by atoms with E-state index in [1.807, 2.05) is 0 Å². The van der Waals surface area contributed by atoms with Crippen molar-refractivity contribution >= 4 is 17.6 Å². The molecule has 1 aromatic rings. The highest BCUT2D eigenvalue weighted by Gasteiger charge is 2.36. The van der Waals surface area contributed by atoms with Gasteiger partial charge in [-0.3, -0.25) is 4.79 Å². The Hall–Kier alpha value is -1.53. The summed E-state index contributed by atoms with van der Waals surface area (Å²) in [6.45, 7) is 2.33. The first-order chi connectivity index (χ1) is 16.1. The molecule has 1 aromatic carbocycles. The number of carbonyl (C=O) groups is 1. The van der Waals surface area contributed by atoms with Gasteiger partial charge in [0.1, 0.15) is 11.8 Å². The zero-order valence-corrected chi connectivity index (χ0v) is 21.0. The first-order valence-electron chi connectivity index (χ1n) is 13.5. The van der Waals surface area contributed by atoms with Gasteiger partial charge in [-0.25, -0.2) is 0 Å². The Labute approximate surface area is 205 Å². The minimum atomic E-state index is -0.186. The van der Waals surface area contributed by atoms with Crippen LogP contribution in [-0.2, 0) is 4.79 Å². The predicted molar refractivity (Wildman–Crippen MR) is 133 cm³/mol. The molecule has 0 spiro atoms. The van der Waals surface area contributed by atoms with Gasteiger partial charge in [0.25, 0.3) is 0 Å². The Morgan fingerprint density at radius 2 is 1.42 bits per heavy atom. The average Bonchev–Trinajstić information content (AvgIpc) is 2.86. The fourth-order valence-electron chi connectivity index (χ4n) is 7.14. The molecule has 0 atom stereocenters. The van der Waals surface area contributed by atoms with E-state index in [9.17, 15) is 10.1 Å². The largest absolute Gasteiger partial charge is 0.425 e. The van der Waals surface area contributed by atoms with Gasteiger partial charge >= 0.3 is 5.97 Å². The van der Waals surface area contributed by atoms with Crippen LogP contribution in [0.4, 0.5) is 0 Å². The summed E-state index contributed by atoms with van der Waals surface area (Å²) in [6, 6.07) is 6.90. The number of esters is 1. The summed E-state index contributed by atoms with van der Waals surface area (Å²) < 4.78 is 5.60. The number of nitrogens with zero attached hydrogens (tertiary/aromatic N) is 1. The Kier molecular flexibility index (Phi) is 8.75. The third-order valence-electron chi connectivity index (χ3n) is 9.12. The van der Waals surface area contributed by atoms with Gasteiger partial charge in [0, 0.05) is 5.02 Å². The van der Waals surface area contributed by atoms with Gasteiger partial charge < -0.3 is 4.74 Å². The number of rotatable bonds is 6. The van der Waals surface area contributed by atoms with Gasteiger partial charge in [-0.15, -0.1) is 0 Å². The lowest BCUT2D eigenvalue weighted by Gasteiger charge is -2.41. The molecule has 0 saturated heterocycles. The molecule has 0 radical (unpaired) electrons. The Morgan fingerprint density at radius 1 is 0.909 bits per heavy atom. The molecule has 180 valence electrons. The first-order valence-corrected chi connectivity index (χ1v) is 13.9. The molecule has 33 heavy (non-hydrogen) atoms. The normalized spacial score (nSPS) is 32.6. The molecule has 0 amide bonds. The fourth-order valence-corrected chi connectivity index (χ4v) is 7.31. The monoisotopic (exact) mass is 469 g/mol. The molecule has 4 rings (SSSR count). The van der Waals surface area contributed by atoms with Crippen molar-refractivity contribution in [1.82, 2.24) is 0 Å². The molecule has 4 heteroatoms. The molecule has 0 aliphatic heterocycles. The molecule has 3 fully saturated rings. The van der Waals surface area contributed by atoms with E-state index in [0.29, 0.717) is 16.3 Å². The molecular weight excluding hydrogens is 430 g/mol. The standard InChI is InChI=1S/C29H40ClNO2/c1-2-3-20-4-6-21(7-5-20)22-8-10-23(11-9-22)24-12-14-25(15-13-24)29(32)33-28-17-16-27(30)18-26(28)19-31/h16-18,20-25H,2-15H2,1H3/t20-,21-,22-,23-,24-,25-. The zero-order chi connectivity index (χ0) is 23.2. The molecule has 0 heterocycles. The van der Waals surface area contributed by atoms with Crippen molar-refractivity contribution in [3.05, 3.63) is 28.8 Å². The Balaban J connectivity index is 1.19. The number of benzene rings is 1. The van der Waals surface area contributed by atoms with Gasteiger partial charge in [-0.05, 0) is 112 Å². The Morgan fingerprint density at radius 3 is 1.94 bits per heavy atom. The summed E-state index contributed by atoms with van der Waals surface area (Å²) in [7, 11) is 0. The molecule has 0 N–H and O–H groups in total. The third-order valence-corrected chi connectivity index (χ3v) is 9.35. The quantitative estimate of drug-likeness (QED) is 0.310. The van der Waals surface area contributed by atoms with E-state index in [1.54, 1.807) is 18.2 Å². The van der Waals surface area contributed by atoms with E-state index in [4.69, 9.17) is 16.3 Å². The molecule has 3 aliphatic carbocycles. The average molecular weight is 470 g/mol. The van der Waals surface area contributed by atoms with E-state index < -0.39 is 0 Å². The van der Waals surface area contributed by atoms with Crippen LogP contribution in [-0.4, -0.2) is 5.97 Å². The number of hydrogen-bond acceptors (Lipinski definition) is 3. The summed E-state index contributed by atoms with van der Waals surface area (Å²) in [5.74, 6) is 4.72. The lowest BCUT2D eigenvalue weighted by molar-refractivity contribution is -0.140. The summed E-state index contributed by atoms with van der Waals surface area (Å²) in [6.07, 6.45) is 18.5. The van der Waals surface area contributed by atoms with Gasteiger partial charge in [-0.1, -0.05) is 44.2 Å². The minimum Gasteiger partial charge on any atom is -0.425 e. The van der Waals surface area contributed by atoms with Crippen LogP contribution < -0.4 is 4.74 Å². The Bertz CT molecular complexity index is 823. The highest BCUT2D eigenvalue weighted by molar-refractivity contribution is 6.30. The van der Waals surface area contributed by atoms with Crippen LogP contribution in [0.1, 0.15) is 102 Å². The first kappa shape index (κ1) is 24.6. The summed E-state index contributed by atoms with van der Waals surface area (Å²) in [4.78, 5) is 12.7. The van der Waals surface area contributed by atoms with Crippen LogP contribution in [0.25, 0.3) is 0 Å². The molecule has 3 aliphatic rings. The number of halogens is 1. The van der Waals surface area contributed by atoms with E-state index in [-0.39, 0.29) is 11.9 Å². The molecule has 0 bridgehead atoms. The van der Waals surface area contributed by atoms with Crippen molar-refractivity contribution < 1.29 is 9.53 Å². The topological polar surface area (TPSA) is 50.1 Å². The van der Waals surface area contributed by atoms with Crippen molar-refractivity contribution in [2.45, 2.75) is 96.8 Å². The van der Waals surface area contributed by atoms with Crippen molar-refractivity contribution in [1.29, 1.82) is 5.26 Å². The molecule has 0 aromatic heterocycles. The van der Waals surface area contributed by atoms with E-state index in [1.165, 1.54) is 64.2 Å². The maximum absolute atomic E-state index is 12.7. The van der Waals surface area contributed by atoms with Crippen molar-refractivity contribution in [3.63, 3.8) is 0 Å². The van der Waals surface area contributed by atoms with Gasteiger partial charge in [0.15, 0.2) is 0 Å². The molecular formula is C29H40ClNO2. The lowest BCUT2D eigenvalue weighted by Crippen LogP contribution is -2.31. The van der Waals surface area contributed by atoms with E-state index in [0.717, 1.165) is 55.3 Å².